The maximum Gasteiger partial charge on any atom is 0.0954 e. The molecule has 20 heavy (non-hydrogen) atoms. The third kappa shape index (κ3) is 2.90. The normalized spacial score (nSPS) is 15.6. The van der Waals surface area contributed by atoms with Gasteiger partial charge in [-0.2, -0.15) is 0 Å². The van der Waals surface area contributed by atoms with Crippen molar-refractivity contribution in [3.05, 3.63) is 36.5 Å². The van der Waals surface area contributed by atoms with E-state index in [1.165, 1.54) is 19.5 Å². The number of rotatable bonds is 5. The SMILES string of the molecule is CC(C)c1cc(-c2cn(CCN3CCC3)cn2)ccn1. The van der Waals surface area contributed by atoms with Crippen molar-refractivity contribution < 1.29 is 0 Å². The van der Waals surface area contributed by atoms with E-state index in [4.69, 9.17) is 0 Å². The third-order valence-electron chi connectivity index (χ3n) is 3.92. The number of hydrogen-bond acceptors (Lipinski definition) is 3. The van der Waals surface area contributed by atoms with Crippen LogP contribution in [0, 0.1) is 0 Å². The summed E-state index contributed by atoms with van der Waals surface area (Å²) in [5, 5.41) is 0. The van der Waals surface area contributed by atoms with E-state index in [1.54, 1.807) is 0 Å². The fourth-order valence-electron chi connectivity index (χ4n) is 2.42. The van der Waals surface area contributed by atoms with Gasteiger partial charge in [0.2, 0.25) is 0 Å². The van der Waals surface area contributed by atoms with Crippen LogP contribution in [0.25, 0.3) is 11.3 Å². The molecule has 1 fully saturated rings. The first kappa shape index (κ1) is 13.3. The summed E-state index contributed by atoms with van der Waals surface area (Å²) < 4.78 is 2.18. The Labute approximate surface area is 120 Å². The van der Waals surface area contributed by atoms with Crippen molar-refractivity contribution >= 4 is 0 Å². The Kier molecular flexibility index (Phi) is 3.83. The summed E-state index contributed by atoms with van der Waals surface area (Å²) in [6.07, 6.45) is 7.30. The Hall–Kier alpha value is -1.68. The number of imidazole rings is 1. The molecule has 1 aliphatic rings. The summed E-state index contributed by atoms with van der Waals surface area (Å²) in [6, 6.07) is 4.18. The minimum atomic E-state index is 0.448. The molecule has 106 valence electrons. The minimum absolute atomic E-state index is 0.448. The molecule has 0 amide bonds. The molecule has 1 saturated heterocycles. The van der Waals surface area contributed by atoms with E-state index in [-0.39, 0.29) is 0 Å². The van der Waals surface area contributed by atoms with Gasteiger partial charge in [0, 0.05) is 36.7 Å². The van der Waals surface area contributed by atoms with Crippen molar-refractivity contribution in [1.29, 1.82) is 0 Å². The molecule has 2 aromatic rings. The second-order valence-electron chi connectivity index (χ2n) is 5.82. The molecule has 2 aromatic heterocycles. The second-order valence-corrected chi connectivity index (χ2v) is 5.82. The molecule has 3 rings (SSSR count). The monoisotopic (exact) mass is 270 g/mol. The van der Waals surface area contributed by atoms with Gasteiger partial charge in [-0.1, -0.05) is 13.8 Å². The molecule has 1 aliphatic heterocycles. The molecule has 0 spiro atoms. The maximum atomic E-state index is 4.53. The summed E-state index contributed by atoms with van der Waals surface area (Å²) in [6.45, 7) is 8.99. The maximum absolute atomic E-state index is 4.53. The van der Waals surface area contributed by atoms with Gasteiger partial charge in [-0.3, -0.25) is 4.98 Å². The van der Waals surface area contributed by atoms with Crippen LogP contribution in [0.1, 0.15) is 31.9 Å². The lowest BCUT2D eigenvalue weighted by Crippen LogP contribution is -2.39. The molecular formula is C16H22N4. The first-order valence-electron chi connectivity index (χ1n) is 7.43. The van der Waals surface area contributed by atoms with Crippen LogP contribution in [0.2, 0.25) is 0 Å². The van der Waals surface area contributed by atoms with Crippen LogP contribution >= 0.6 is 0 Å². The Balaban J connectivity index is 1.70. The molecule has 0 saturated carbocycles. The highest BCUT2D eigenvalue weighted by atomic mass is 15.2. The number of aromatic nitrogens is 3. The van der Waals surface area contributed by atoms with Crippen LogP contribution in [0.5, 0.6) is 0 Å². The van der Waals surface area contributed by atoms with Crippen molar-refractivity contribution in [3.63, 3.8) is 0 Å². The van der Waals surface area contributed by atoms with Crippen LogP contribution in [0.3, 0.4) is 0 Å². The van der Waals surface area contributed by atoms with Gasteiger partial charge in [-0.05, 0) is 37.6 Å². The van der Waals surface area contributed by atoms with Crippen LogP contribution in [0.15, 0.2) is 30.9 Å². The second kappa shape index (κ2) is 5.75. The van der Waals surface area contributed by atoms with Gasteiger partial charge in [0.25, 0.3) is 0 Å². The van der Waals surface area contributed by atoms with Gasteiger partial charge in [0.05, 0.1) is 12.0 Å². The first-order valence-corrected chi connectivity index (χ1v) is 7.43. The summed E-state index contributed by atoms with van der Waals surface area (Å²) in [7, 11) is 0. The molecule has 0 N–H and O–H groups in total. The zero-order chi connectivity index (χ0) is 13.9. The summed E-state index contributed by atoms with van der Waals surface area (Å²) in [5.74, 6) is 0.448. The molecule has 0 atom stereocenters. The Morgan fingerprint density at radius 3 is 2.75 bits per heavy atom. The van der Waals surface area contributed by atoms with Gasteiger partial charge in [0.15, 0.2) is 0 Å². The highest BCUT2D eigenvalue weighted by molar-refractivity contribution is 5.58. The number of nitrogens with zero attached hydrogens (tertiary/aromatic N) is 4. The molecule has 0 bridgehead atoms. The van der Waals surface area contributed by atoms with Crippen molar-refractivity contribution in [1.82, 2.24) is 19.4 Å². The highest BCUT2D eigenvalue weighted by Crippen LogP contribution is 2.20. The molecular weight excluding hydrogens is 248 g/mol. The van der Waals surface area contributed by atoms with Crippen LogP contribution < -0.4 is 0 Å². The van der Waals surface area contributed by atoms with Gasteiger partial charge in [-0.15, -0.1) is 0 Å². The van der Waals surface area contributed by atoms with E-state index < -0.39 is 0 Å². The third-order valence-corrected chi connectivity index (χ3v) is 3.92. The zero-order valence-corrected chi connectivity index (χ0v) is 12.3. The average Bonchev–Trinajstić information content (AvgIpc) is 2.86. The van der Waals surface area contributed by atoms with Crippen molar-refractivity contribution in [2.75, 3.05) is 19.6 Å². The van der Waals surface area contributed by atoms with Gasteiger partial charge in [-0.25, -0.2) is 4.98 Å². The van der Waals surface area contributed by atoms with E-state index in [0.717, 1.165) is 30.0 Å². The molecule has 0 radical (unpaired) electrons. The lowest BCUT2D eigenvalue weighted by molar-refractivity contribution is 0.174. The van der Waals surface area contributed by atoms with Crippen molar-refractivity contribution in [2.45, 2.75) is 32.7 Å². The molecule has 0 aliphatic carbocycles. The van der Waals surface area contributed by atoms with E-state index >= 15 is 0 Å². The van der Waals surface area contributed by atoms with Crippen LogP contribution in [0.4, 0.5) is 0 Å². The first-order chi connectivity index (χ1) is 9.72. The quantitative estimate of drug-likeness (QED) is 0.838. The van der Waals surface area contributed by atoms with E-state index in [9.17, 15) is 0 Å². The molecule has 4 heteroatoms. The highest BCUT2D eigenvalue weighted by Gasteiger charge is 2.13. The number of pyridine rings is 1. The predicted octanol–water partition coefficient (Wildman–Crippen LogP) is 2.77. The Bertz CT molecular complexity index is 569. The number of likely N-dealkylation sites (tertiary alicyclic amines) is 1. The van der Waals surface area contributed by atoms with Crippen LogP contribution in [-0.2, 0) is 6.54 Å². The van der Waals surface area contributed by atoms with E-state index in [2.05, 4.69) is 45.5 Å². The van der Waals surface area contributed by atoms with Gasteiger partial charge >= 0.3 is 0 Å². The summed E-state index contributed by atoms with van der Waals surface area (Å²) >= 11 is 0. The molecule has 0 unspecified atom stereocenters. The summed E-state index contributed by atoms with van der Waals surface area (Å²) in [5.41, 5.74) is 3.32. The molecule has 0 aromatic carbocycles. The topological polar surface area (TPSA) is 34.0 Å². The van der Waals surface area contributed by atoms with Gasteiger partial charge < -0.3 is 9.47 Å². The minimum Gasteiger partial charge on any atom is -0.336 e. The van der Waals surface area contributed by atoms with Crippen LogP contribution in [-0.4, -0.2) is 39.1 Å². The predicted molar refractivity (Wildman–Crippen MR) is 80.6 cm³/mol. The molecule has 3 heterocycles. The number of hydrogen-bond donors (Lipinski definition) is 0. The Morgan fingerprint density at radius 1 is 1.20 bits per heavy atom. The fraction of sp³-hybridized carbons (Fsp3) is 0.500. The smallest absolute Gasteiger partial charge is 0.0954 e. The largest absolute Gasteiger partial charge is 0.336 e. The average molecular weight is 270 g/mol. The Morgan fingerprint density at radius 2 is 2.05 bits per heavy atom. The fourth-order valence-corrected chi connectivity index (χ4v) is 2.42. The molecule has 4 nitrogen and oxygen atoms in total. The lowest BCUT2D eigenvalue weighted by Gasteiger charge is -2.30. The van der Waals surface area contributed by atoms with Crippen molar-refractivity contribution in [3.8, 4) is 11.3 Å². The lowest BCUT2D eigenvalue weighted by atomic mass is 10.1. The van der Waals surface area contributed by atoms with Gasteiger partial charge in [0.1, 0.15) is 0 Å². The van der Waals surface area contributed by atoms with Crippen molar-refractivity contribution in [2.24, 2.45) is 0 Å². The van der Waals surface area contributed by atoms with E-state index in [0.29, 0.717) is 5.92 Å². The zero-order valence-electron chi connectivity index (χ0n) is 12.3. The standard InChI is InChI=1S/C16H22N4/c1-13(2)15-10-14(4-5-17-15)16-11-20(12-18-16)9-8-19-6-3-7-19/h4-5,10-13H,3,6-9H2,1-2H3. The summed E-state index contributed by atoms with van der Waals surface area (Å²) in [4.78, 5) is 11.4. The van der Waals surface area contributed by atoms with E-state index in [1.807, 2.05) is 18.6 Å².